The van der Waals surface area contributed by atoms with Gasteiger partial charge in [-0.15, -0.1) is 22.7 Å². The molecule has 0 fully saturated rings. The van der Waals surface area contributed by atoms with Gasteiger partial charge in [-0.2, -0.15) is 0 Å². The molecule has 132 valence electrons. The number of nitrogens with one attached hydrogen (secondary N) is 1. The number of thiophene rings is 1. The quantitative estimate of drug-likeness (QED) is 0.488. The molecule has 1 amide bonds. The highest BCUT2D eigenvalue weighted by molar-refractivity contribution is 7.21. The summed E-state index contributed by atoms with van der Waals surface area (Å²) in [6.07, 6.45) is 5.18. The van der Waals surface area contributed by atoms with E-state index in [2.05, 4.69) is 20.3 Å². The van der Waals surface area contributed by atoms with E-state index in [1.54, 1.807) is 54.1 Å². The number of hydrogen-bond donors (Lipinski definition) is 1. The summed E-state index contributed by atoms with van der Waals surface area (Å²) < 4.78 is 7.53. The van der Waals surface area contributed by atoms with E-state index < -0.39 is 0 Å². The van der Waals surface area contributed by atoms with E-state index in [1.165, 1.54) is 11.3 Å². The lowest BCUT2D eigenvalue weighted by molar-refractivity contribution is 0.103. The number of amides is 1. The molecule has 4 aromatic heterocycles. The van der Waals surface area contributed by atoms with Gasteiger partial charge in [0.25, 0.3) is 5.91 Å². The molecule has 0 bridgehead atoms. The van der Waals surface area contributed by atoms with Crippen LogP contribution in [0.15, 0.2) is 60.4 Å². The molecule has 0 saturated carbocycles. The van der Waals surface area contributed by atoms with Gasteiger partial charge in [0.15, 0.2) is 4.96 Å². The number of thiazole rings is 1. The maximum absolute atomic E-state index is 12.5. The summed E-state index contributed by atoms with van der Waals surface area (Å²) in [4.78, 5) is 27.5. The van der Waals surface area contributed by atoms with Crippen molar-refractivity contribution in [2.24, 2.45) is 0 Å². The number of ether oxygens (including phenoxy) is 1. The molecule has 0 spiro atoms. The Balaban J connectivity index is 1.32. The molecule has 9 heteroatoms. The molecule has 0 aliphatic rings. The van der Waals surface area contributed by atoms with Crippen molar-refractivity contribution in [2.75, 3.05) is 5.32 Å². The van der Waals surface area contributed by atoms with Gasteiger partial charge in [0, 0.05) is 29.7 Å². The van der Waals surface area contributed by atoms with Crippen molar-refractivity contribution in [3.63, 3.8) is 0 Å². The first-order valence-electron chi connectivity index (χ1n) is 7.98. The van der Waals surface area contributed by atoms with E-state index in [0.717, 1.165) is 15.3 Å². The number of rotatable bonds is 4. The fraction of sp³-hybridized carbons (Fsp3) is 0. The highest BCUT2D eigenvalue weighted by Gasteiger charge is 2.15. The van der Waals surface area contributed by atoms with Gasteiger partial charge in [-0.05, 0) is 36.4 Å². The predicted molar refractivity (Wildman–Crippen MR) is 105 cm³/mol. The van der Waals surface area contributed by atoms with Crippen LogP contribution >= 0.6 is 22.7 Å². The van der Waals surface area contributed by atoms with E-state index in [9.17, 15) is 4.79 Å². The van der Waals surface area contributed by atoms with E-state index in [-0.39, 0.29) is 11.9 Å². The Morgan fingerprint density at radius 2 is 1.96 bits per heavy atom. The molecule has 0 unspecified atom stereocenters. The fourth-order valence-electron chi connectivity index (χ4n) is 2.60. The van der Waals surface area contributed by atoms with E-state index in [4.69, 9.17) is 4.74 Å². The molecule has 0 radical (unpaired) electrons. The predicted octanol–water partition coefficient (Wildman–Crippen LogP) is 4.45. The van der Waals surface area contributed by atoms with Gasteiger partial charge in [0.1, 0.15) is 10.6 Å². The zero-order valence-corrected chi connectivity index (χ0v) is 15.3. The van der Waals surface area contributed by atoms with Crippen molar-refractivity contribution >= 4 is 49.6 Å². The summed E-state index contributed by atoms with van der Waals surface area (Å²) in [5, 5.41) is 4.87. The average Bonchev–Trinajstić information content (AvgIpc) is 3.36. The Kier molecular flexibility index (Phi) is 3.80. The number of benzene rings is 1. The first kappa shape index (κ1) is 15.9. The molecule has 7 nitrogen and oxygen atoms in total. The molecule has 5 aromatic rings. The van der Waals surface area contributed by atoms with Gasteiger partial charge in [0.05, 0.1) is 10.4 Å². The normalized spacial score (nSPS) is 11.1. The molecule has 0 saturated heterocycles. The molecule has 0 aliphatic carbocycles. The second kappa shape index (κ2) is 6.45. The third-order valence-electron chi connectivity index (χ3n) is 3.83. The first-order valence-corrected chi connectivity index (χ1v) is 9.67. The minimum Gasteiger partial charge on any atom is -0.424 e. The number of anilines is 1. The highest BCUT2D eigenvalue weighted by atomic mass is 32.1. The van der Waals surface area contributed by atoms with Gasteiger partial charge in [0.2, 0.25) is 0 Å². The monoisotopic (exact) mass is 393 g/mol. The lowest BCUT2D eigenvalue weighted by Crippen LogP contribution is -2.09. The standard InChI is InChI=1S/C18H11N5O2S2/c24-15(14-10-13-16(27-14)22-18-23(13)8-9-26-18)21-11-2-4-12(5-3-11)25-17-19-6-1-7-20-17/h1-10H,(H,21,24). The maximum atomic E-state index is 12.5. The second-order valence-electron chi connectivity index (χ2n) is 5.58. The van der Waals surface area contributed by atoms with Gasteiger partial charge in [-0.25, -0.2) is 15.0 Å². The van der Waals surface area contributed by atoms with Crippen molar-refractivity contribution in [1.29, 1.82) is 0 Å². The molecule has 1 aromatic carbocycles. The van der Waals surface area contributed by atoms with Crippen LogP contribution in [-0.4, -0.2) is 25.3 Å². The third kappa shape index (κ3) is 3.03. The minimum atomic E-state index is -0.165. The minimum absolute atomic E-state index is 0.165. The van der Waals surface area contributed by atoms with Gasteiger partial charge >= 0.3 is 6.01 Å². The number of nitrogens with zero attached hydrogens (tertiary/aromatic N) is 4. The van der Waals surface area contributed by atoms with Crippen LogP contribution in [0.2, 0.25) is 0 Å². The fourth-order valence-corrected chi connectivity index (χ4v) is 4.30. The van der Waals surface area contributed by atoms with Crippen LogP contribution in [0.3, 0.4) is 0 Å². The number of carbonyl (C=O) groups is 1. The summed E-state index contributed by atoms with van der Waals surface area (Å²) in [5.41, 5.74) is 1.63. The molecular weight excluding hydrogens is 382 g/mol. The second-order valence-corrected chi connectivity index (χ2v) is 7.48. The van der Waals surface area contributed by atoms with Crippen LogP contribution in [0.5, 0.6) is 11.8 Å². The average molecular weight is 393 g/mol. The van der Waals surface area contributed by atoms with Gasteiger partial charge in [-0.1, -0.05) is 0 Å². The third-order valence-corrected chi connectivity index (χ3v) is 5.60. The SMILES string of the molecule is O=C(Nc1ccc(Oc2ncccn2)cc1)c1cc2c(nc3sccn32)s1. The van der Waals surface area contributed by atoms with E-state index in [0.29, 0.717) is 16.3 Å². The van der Waals surface area contributed by atoms with Crippen molar-refractivity contribution in [1.82, 2.24) is 19.4 Å². The van der Waals surface area contributed by atoms with Crippen molar-refractivity contribution < 1.29 is 9.53 Å². The Morgan fingerprint density at radius 3 is 2.78 bits per heavy atom. The molecule has 1 N–H and O–H groups in total. The molecule has 0 aliphatic heterocycles. The Hall–Kier alpha value is -3.30. The van der Waals surface area contributed by atoms with Crippen LogP contribution in [0, 0.1) is 0 Å². The van der Waals surface area contributed by atoms with Crippen molar-refractivity contribution in [2.45, 2.75) is 0 Å². The number of fused-ring (bicyclic) bond motifs is 3. The molecular formula is C18H11N5O2S2. The van der Waals surface area contributed by atoms with Gasteiger partial charge < -0.3 is 10.1 Å². The summed E-state index contributed by atoms with van der Waals surface area (Å²) in [6.45, 7) is 0. The lowest BCUT2D eigenvalue weighted by atomic mass is 10.3. The number of imidazole rings is 1. The topological polar surface area (TPSA) is 81.4 Å². The summed E-state index contributed by atoms with van der Waals surface area (Å²) in [5.74, 6) is 0.427. The number of carbonyl (C=O) groups excluding carboxylic acids is 1. The lowest BCUT2D eigenvalue weighted by Gasteiger charge is -2.06. The molecule has 27 heavy (non-hydrogen) atoms. The largest absolute Gasteiger partial charge is 0.424 e. The van der Waals surface area contributed by atoms with Crippen LogP contribution in [0.25, 0.3) is 15.3 Å². The number of aromatic nitrogens is 4. The zero-order chi connectivity index (χ0) is 18.2. The summed E-state index contributed by atoms with van der Waals surface area (Å²) in [6, 6.07) is 10.9. The van der Waals surface area contributed by atoms with Crippen molar-refractivity contribution in [3.05, 3.63) is 65.2 Å². The highest BCUT2D eigenvalue weighted by Crippen LogP contribution is 2.29. The summed E-state index contributed by atoms with van der Waals surface area (Å²) >= 11 is 2.95. The van der Waals surface area contributed by atoms with Crippen LogP contribution in [0.1, 0.15) is 9.67 Å². The maximum Gasteiger partial charge on any atom is 0.321 e. The van der Waals surface area contributed by atoms with E-state index in [1.807, 2.05) is 22.0 Å². The Bertz CT molecular complexity index is 1240. The molecule has 0 atom stereocenters. The first-order chi connectivity index (χ1) is 13.3. The van der Waals surface area contributed by atoms with Gasteiger partial charge in [-0.3, -0.25) is 9.20 Å². The number of hydrogen-bond acceptors (Lipinski definition) is 7. The summed E-state index contributed by atoms with van der Waals surface area (Å²) in [7, 11) is 0. The van der Waals surface area contributed by atoms with Crippen LogP contribution < -0.4 is 10.1 Å². The van der Waals surface area contributed by atoms with Crippen LogP contribution in [0.4, 0.5) is 5.69 Å². The van der Waals surface area contributed by atoms with Crippen LogP contribution in [-0.2, 0) is 0 Å². The van der Waals surface area contributed by atoms with Crippen molar-refractivity contribution in [3.8, 4) is 11.8 Å². The zero-order valence-electron chi connectivity index (χ0n) is 13.7. The molecule has 4 heterocycles. The molecule has 5 rings (SSSR count). The smallest absolute Gasteiger partial charge is 0.321 e. The Labute approximate surface area is 160 Å². The Morgan fingerprint density at radius 1 is 1.15 bits per heavy atom. The van der Waals surface area contributed by atoms with E-state index >= 15 is 0 Å².